The van der Waals surface area contributed by atoms with Crippen LogP contribution in [0.3, 0.4) is 0 Å². The standard InChI is InChI=1S/C11H16O4S/c12-9-5-8(10(13)6-9)3-1-2-4-16-7-11(14)15/h5,9,12H,1-4,6-7H2,(H,14,15). The highest BCUT2D eigenvalue weighted by Crippen LogP contribution is 2.20. The van der Waals surface area contributed by atoms with Crippen LogP contribution in [0.2, 0.25) is 0 Å². The Hall–Kier alpha value is -0.810. The van der Waals surface area contributed by atoms with Gasteiger partial charge in [0.1, 0.15) is 0 Å². The van der Waals surface area contributed by atoms with Crippen molar-refractivity contribution < 1.29 is 19.8 Å². The zero-order chi connectivity index (χ0) is 12.0. The highest BCUT2D eigenvalue weighted by Gasteiger charge is 2.21. The number of ketones is 1. The van der Waals surface area contributed by atoms with Crippen LogP contribution in [0.1, 0.15) is 25.7 Å². The van der Waals surface area contributed by atoms with Crippen molar-refractivity contribution in [3.63, 3.8) is 0 Å². The number of hydrogen-bond acceptors (Lipinski definition) is 4. The van der Waals surface area contributed by atoms with Crippen molar-refractivity contribution in [2.75, 3.05) is 11.5 Å². The second-order valence-corrected chi connectivity index (χ2v) is 4.90. The van der Waals surface area contributed by atoms with Crippen molar-refractivity contribution in [1.82, 2.24) is 0 Å². The summed E-state index contributed by atoms with van der Waals surface area (Å²) in [6.45, 7) is 0. The molecule has 0 aliphatic heterocycles. The van der Waals surface area contributed by atoms with E-state index in [1.807, 2.05) is 0 Å². The van der Waals surface area contributed by atoms with E-state index in [1.54, 1.807) is 6.08 Å². The number of unbranched alkanes of at least 4 members (excludes halogenated alkanes) is 1. The molecule has 1 aliphatic carbocycles. The fraction of sp³-hybridized carbons (Fsp3) is 0.636. The molecule has 90 valence electrons. The number of rotatable bonds is 7. The third-order valence-corrected chi connectivity index (χ3v) is 3.39. The quantitative estimate of drug-likeness (QED) is 0.659. The van der Waals surface area contributed by atoms with Gasteiger partial charge >= 0.3 is 5.97 Å². The zero-order valence-electron chi connectivity index (χ0n) is 9.02. The predicted octanol–water partition coefficient (Wildman–Crippen LogP) is 1.23. The Bertz CT molecular complexity index is 298. The Morgan fingerprint density at radius 1 is 1.50 bits per heavy atom. The molecule has 1 atom stereocenters. The Labute approximate surface area is 98.7 Å². The van der Waals surface area contributed by atoms with Gasteiger partial charge in [0.25, 0.3) is 0 Å². The van der Waals surface area contributed by atoms with Gasteiger partial charge in [0.15, 0.2) is 5.78 Å². The fourth-order valence-corrected chi connectivity index (χ4v) is 2.33. The molecule has 1 unspecified atom stereocenters. The molecule has 0 fully saturated rings. The van der Waals surface area contributed by atoms with E-state index in [-0.39, 0.29) is 18.0 Å². The molecule has 0 aromatic carbocycles. The van der Waals surface area contributed by atoms with Crippen LogP contribution in [-0.2, 0) is 9.59 Å². The first kappa shape index (κ1) is 13.3. The summed E-state index contributed by atoms with van der Waals surface area (Å²) >= 11 is 1.39. The summed E-state index contributed by atoms with van der Waals surface area (Å²) in [7, 11) is 0. The molecule has 4 nitrogen and oxygen atoms in total. The van der Waals surface area contributed by atoms with Crippen LogP contribution in [0.4, 0.5) is 0 Å². The average molecular weight is 244 g/mol. The topological polar surface area (TPSA) is 74.6 Å². The molecule has 16 heavy (non-hydrogen) atoms. The van der Waals surface area contributed by atoms with E-state index in [1.165, 1.54) is 11.8 Å². The van der Waals surface area contributed by atoms with Gasteiger partial charge < -0.3 is 10.2 Å². The van der Waals surface area contributed by atoms with Crippen LogP contribution in [0.5, 0.6) is 0 Å². The van der Waals surface area contributed by atoms with E-state index >= 15 is 0 Å². The van der Waals surface area contributed by atoms with Crippen molar-refractivity contribution in [1.29, 1.82) is 0 Å². The molecular weight excluding hydrogens is 228 g/mol. The van der Waals surface area contributed by atoms with E-state index in [2.05, 4.69) is 0 Å². The minimum absolute atomic E-state index is 0.0469. The highest BCUT2D eigenvalue weighted by atomic mass is 32.2. The minimum Gasteiger partial charge on any atom is -0.481 e. The number of aliphatic hydroxyl groups is 1. The first-order valence-corrected chi connectivity index (χ1v) is 6.46. The number of carbonyl (C=O) groups is 2. The van der Waals surface area contributed by atoms with E-state index < -0.39 is 12.1 Å². The molecule has 0 spiro atoms. The molecule has 1 rings (SSSR count). The largest absolute Gasteiger partial charge is 0.481 e. The Balaban J connectivity index is 2.05. The lowest BCUT2D eigenvalue weighted by Gasteiger charge is -2.00. The van der Waals surface area contributed by atoms with Crippen LogP contribution in [0, 0.1) is 0 Å². The fourth-order valence-electron chi connectivity index (χ4n) is 1.61. The smallest absolute Gasteiger partial charge is 0.313 e. The van der Waals surface area contributed by atoms with Crippen molar-refractivity contribution in [3.05, 3.63) is 11.6 Å². The molecule has 1 aliphatic rings. The number of carboxylic acid groups (broad SMARTS) is 1. The minimum atomic E-state index is -0.790. The zero-order valence-corrected chi connectivity index (χ0v) is 9.83. The predicted molar refractivity (Wildman–Crippen MR) is 62.5 cm³/mol. The molecule has 0 bridgehead atoms. The highest BCUT2D eigenvalue weighted by molar-refractivity contribution is 7.99. The number of Topliss-reactive ketones (excluding diaryl/α,β-unsaturated/α-hetero) is 1. The summed E-state index contributed by atoms with van der Waals surface area (Å²) in [5, 5.41) is 17.6. The molecule has 0 aromatic heterocycles. The third kappa shape index (κ3) is 4.81. The SMILES string of the molecule is O=C(O)CSCCCCC1=CC(O)CC1=O. The number of carboxylic acids is 1. The summed E-state index contributed by atoms with van der Waals surface area (Å²) in [6.07, 6.45) is 3.73. The maximum atomic E-state index is 11.3. The Kier molecular flexibility index (Phi) is 5.55. The van der Waals surface area contributed by atoms with Crippen molar-refractivity contribution in [2.24, 2.45) is 0 Å². The second kappa shape index (κ2) is 6.70. The van der Waals surface area contributed by atoms with Gasteiger partial charge in [-0.2, -0.15) is 11.8 Å². The molecule has 0 radical (unpaired) electrons. The van der Waals surface area contributed by atoms with E-state index in [4.69, 9.17) is 5.11 Å². The van der Waals surface area contributed by atoms with Crippen LogP contribution in [0.15, 0.2) is 11.6 Å². The summed E-state index contributed by atoms with van der Waals surface area (Å²) in [5.74, 6) is 0.198. The first-order chi connectivity index (χ1) is 7.59. The molecule has 0 saturated carbocycles. The number of thioether (sulfide) groups is 1. The van der Waals surface area contributed by atoms with Crippen molar-refractivity contribution in [2.45, 2.75) is 31.8 Å². The maximum Gasteiger partial charge on any atom is 0.313 e. The van der Waals surface area contributed by atoms with Gasteiger partial charge in [0.05, 0.1) is 11.9 Å². The monoisotopic (exact) mass is 244 g/mol. The number of allylic oxidation sites excluding steroid dienone is 1. The van der Waals surface area contributed by atoms with Gasteiger partial charge in [-0.1, -0.05) is 0 Å². The molecule has 0 heterocycles. The van der Waals surface area contributed by atoms with Gasteiger partial charge in [-0.05, 0) is 36.7 Å². The van der Waals surface area contributed by atoms with E-state index in [0.717, 1.165) is 24.2 Å². The normalized spacial score (nSPS) is 19.9. The van der Waals surface area contributed by atoms with Crippen molar-refractivity contribution >= 4 is 23.5 Å². The molecule has 5 heteroatoms. The number of hydrogen-bond donors (Lipinski definition) is 2. The van der Waals surface area contributed by atoms with E-state index in [9.17, 15) is 14.7 Å². The third-order valence-electron chi connectivity index (χ3n) is 2.36. The van der Waals surface area contributed by atoms with Crippen LogP contribution in [-0.4, -0.2) is 39.6 Å². The van der Waals surface area contributed by atoms with Gasteiger partial charge in [-0.3, -0.25) is 9.59 Å². The van der Waals surface area contributed by atoms with Gasteiger partial charge in [0.2, 0.25) is 0 Å². The van der Waals surface area contributed by atoms with Crippen LogP contribution >= 0.6 is 11.8 Å². The second-order valence-electron chi connectivity index (χ2n) is 3.79. The molecule has 2 N–H and O–H groups in total. The average Bonchev–Trinajstić information content (AvgIpc) is 2.50. The maximum absolute atomic E-state index is 11.3. The van der Waals surface area contributed by atoms with Crippen LogP contribution in [0.25, 0.3) is 0 Å². The number of aliphatic hydroxyl groups excluding tert-OH is 1. The van der Waals surface area contributed by atoms with Gasteiger partial charge in [-0.15, -0.1) is 0 Å². The molecule has 0 aromatic rings. The first-order valence-electron chi connectivity index (χ1n) is 5.31. The summed E-state index contributed by atoms with van der Waals surface area (Å²) < 4.78 is 0. The van der Waals surface area contributed by atoms with Gasteiger partial charge in [-0.25, -0.2) is 0 Å². The number of aliphatic carboxylic acids is 1. The summed E-state index contributed by atoms with van der Waals surface area (Å²) in [6, 6.07) is 0. The molecule has 0 amide bonds. The van der Waals surface area contributed by atoms with E-state index in [0.29, 0.717) is 6.42 Å². The van der Waals surface area contributed by atoms with Crippen molar-refractivity contribution in [3.8, 4) is 0 Å². The lowest BCUT2D eigenvalue weighted by molar-refractivity contribution is -0.133. The van der Waals surface area contributed by atoms with Gasteiger partial charge in [0, 0.05) is 6.42 Å². The molecular formula is C11H16O4S. The summed E-state index contributed by atoms with van der Waals surface area (Å²) in [5.41, 5.74) is 0.732. The Morgan fingerprint density at radius 2 is 2.25 bits per heavy atom. The lowest BCUT2D eigenvalue weighted by atomic mass is 10.1. The summed E-state index contributed by atoms with van der Waals surface area (Å²) in [4.78, 5) is 21.5. The molecule has 0 saturated heterocycles. The Morgan fingerprint density at radius 3 is 2.81 bits per heavy atom. The van der Waals surface area contributed by atoms with Crippen LogP contribution < -0.4 is 0 Å². The number of carbonyl (C=O) groups excluding carboxylic acids is 1. The lowest BCUT2D eigenvalue weighted by Crippen LogP contribution is -2.01.